The second-order valence-electron chi connectivity index (χ2n) is 2.57. The standard InChI is InChI=1S/C8H11NO3/c1-3-8(11)12-9-6(2)4-5-7(9)10/h2-5H2,1H3/i1+1. The molecule has 12 heavy (non-hydrogen) atoms. The molecule has 4 nitrogen and oxygen atoms in total. The molecule has 0 radical (unpaired) electrons. The van der Waals surface area contributed by atoms with Gasteiger partial charge in [0.1, 0.15) is 0 Å². The van der Waals surface area contributed by atoms with E-state index in [2.05, 4.69) is 6.58 Å². The fourth-order valence-electron chi connectivity index (χ4n) is 0.912. The monoisotopic (exact) mass is 170 g/mol. The lowest BCUT2D eigenvalue weighted by Crippen LogP contribution is -2.26. The van der Waals surface area contributed by atoms with Crippen molar-refractivity contribution in [3.8, 4) is 0 Å². The average molecular weight is 170 g/mol. The van der Waals surface area contributed by atoms with Crippen molar-refractivity contribution < 1.29 is 14.4 Å². The first-order chi connectivity index (χ1) is 5.65. The van der Waals surface area contributed by atoms with Crippen LogP contribution in [-0.2, 0) is 14.4 Å². The van der Waals surface area contributed by atoms with Crippen molar-refractivity contribution in [3.63, 3.8) is 0 Å². The summed E-state index contributed by atoms with van der Waals surface area (Å²) in [5.41, 5.74) is 0.557. The summed E-state index contributed by atoms with van der Waals surface area (Å²) < 4.78 is 0. The predicted octanol–water partition coefficient (Wildman–Crippen LogP) is 0.991. The number of carbonyl (C=O) groups is 2. The molecule has 0 unspecified atom stereocenters. The summed E-state index contributed by atoms with van der Waals surface area (Å²) >= 11 is 0. The van der Waals surface area contributed by atoms with Gasteiger partial charge in [-0.05, 0) is 6.42 Å². The van der Waals surface area contributed by atoms with Gasteiger partial charge in [-0.15, -0.1) is 5.06 Å². The molecule has 1 rings (SSSR count). The van der Waals surface area contributed by atoms with Crippen molar-refractivity contribution in [1.29, 1.82) is 0 Å². The molecule has 0 N–H and O–H groups in total. The van der Waals surface area contributed by atoms with Crippen LogP contribution in [0.1, 0.15) is 26.2 Å². The number of amides is 1. The highest BCUT2D eigenvalue weighted by atomic mass is 16.7. The van der Waals surface area contributed by atoms with Crippen LogP contribution >= 0.6 is 0 Å². The lowest BCUT2D eigenvalue weighted by molar-refractivity contribution is -0.186. The minimum atomic E-state index is -0.411. The molecule has 1 aliphatic heterocycles. The van der Waals surface area contributed by atoms with Crippen LogP contribution in [0.15, 0.2) is 12.3 Å². The van der Waals surface area contributed by atoms with Crippen molar-refractivity contribution in [2.45, 2.75) is 26.2 Å². The van der Waals surface area contributed by atoms with Crippen LogP contribution in [0.5, 0.6) is 0 Å². The zero-order valence-corrected chi connectivity index (χ0v) is 7.00. The molecule has 1 saturated heterocycles. The Hall–Kier alpha value is -1.32. The molecular weight excluding hydrogens is 159 g/mol. The fraction of sp³-hybridized carbons (Fsp3) is 0.500. The van der Waals surface area contributed by atoms with Gasteiger partial charge in [0.15, 0.2) is 0 Å². The maximum absolute atomic E-state index is 11.0. The molecule has 0 aromatic carbocycles. The summed E-state index contributed by atoms with van der Waals surface area (Å²) in [6, 6.07) is 0. The third-order valence-corrected chi connectivity index (χ3v) is 1.62. The Bertz CT molecular complexity index is 218. The van der Waals surface area contributed by atoms with Crippen LogP contribution in [-0.4, -0.2) is 16.9 Å². The number of allylic oxidation sites excluding steroid dienone is 1. The van der Waals surface area contributed by atoms with E-state index in [-0.39, 0.29) is 12.3 Å². The molecule has 0 spiro atoms. The van der Waals surface area contributed by atoms with E-state index in [0.29, 0.717) is 18.5 Å². The SMILES string of the molecule is C=C1CCC(=O)N1OC(=O)C[13CH3]. The molecule has 66 valence electrons. The lowest BCUT2D eigenvalue weighted by Gasteiger charge is -2.14. The Morgan fingerprint density at radius 3 is 2.75 bits per heavy atom. The average Bonchev–Trinajstić information content (AvgIpc) is 2.35. The van der Waals surface area contributed by atoms with Gasteiger partial charge in [0.25, 0.3) is 5.91 Å². The number of hydrogen-bond donors (Lipinski definition) is 0. The van der Waals surface area contributed by atoms with Gasteiger partial charge in [-0.2, -0.15) is 0 Å². The van der Waals surface area contributed by atoms with E-state index in [4.69, 9.17) is 4.84 Å². The van der Waals surface area contributed by atoms with Gasteiger partial charge in [0.2, 0.25) is 0 Å². The van der Waals surface area contributed by atoms with E-state index in [9.17, 15) is 9.59 Å². The molecule has 1 heterocycles. The lowest BCUT2D eigenvalue weighted by atomic mass is 10.3. The molecule has 1 fully saturated rings. The molecule has 1 amide bonds. The van der Waals surface area contributed by atoms with Crippen molar-refractivity contribution in [2.75, 3.05) is 0 Å². The Labute approximate surface area is 70.7 Å². The van der Waals surface area contributed by atoms with Crippen molar-refractivity contribution in [2.24, 2.45) is 0 Å². The zero-order valence-electron chi connectivity index (χ0n) is 7.00. The van der Waals surface area contributed by atoms with Gasteiger partial charge in [0, 0.05) is 12.8 Å². The van der Waals surface area contributed by atoms with E-state index >= 15 is 0 Å². The van der Waals surface area contributed by atoms with Gasteiger partial charge in [-0.25, -0.2) is 4.79 Å². The largest absolute Gasteiger partial charge is 0.334 e. The first-order valence-corrected chi connectivity index (χ1v) is 3.86. The molecule has 0 aromatic heterocycles. The van der Waals surface area contributed by atoms with Crippen LogP contribution in [0.25, 0.3) is 0 Å². The third kappa shape index (κ3) is 1.64. The van der Waals surface area contributed by atoms with Crippen LogP contribution in [0.4, 0.5) is 0 Å². The number of nitrogens with zero attached hydrogens (tertiary/aromatic N) is 1. The normalized spacial score (nSPS) is 16.9. The molecular formula is C8H11NO3. The zero-order chi connectivity index (χ0) is 9.14. The van der Waals surface area contributed by atoms with Gasteiger partial charge in [0.05, 0.1) is 5.70 Å². The fourth-order valence-corrected chi connectivity index (χ4v) is 0.912. The molecule has 1 aliphatic rings. The minimum Gasteiger partial charge on any atom is -0.334 e. The Kier molecular flexibility index (Phi) is 2.47. The maximum atomic E-state index is 11.0. The number of rotatable bonds is 2. The quantitative estimate of drug-likeness (QED) is 0.580. The van der Waals surface area contributed by atoms with E-state index < -0.39 is 5.97 Å². The van der Waals surface area contributed by atoms with E-state index in [0.717, 1.165) is 5.06 Å². The van der Waals surface area contributed by atoms with Crippen molar-refractivity contribution >= 4 is 11.9 Å². The second-order valence-corrected chi connectivity index (χ2v) is 2.57. The summed E-state index contributed by atoms with van der Waals surface area (Å²) in [4.78, 5) is 26.6. The topological polar surface area (TPSA) is 46.6 Å². The van der Waals surface area contributed by atoms with E-state index in [1.165, 1.54) is 0 Å². The molecule has 0 atom stereocenters. The smallest absolute Gasteiger partial charge is 0.332 e. The predicted molar refractivity (Wildman–Crippen MR) is 41.6 cm³/mol. The van der Waals surface area contributed by atoms with Gasteiger partial charge < -0.3 is 4.84 Å². The Morgan fingerprint density at radius 2 is 2.33 bits per heavy atom. The van der Waals surface area contributed by atoms with Crippen LogP contribution in [0.3, 0.4) is 0 Å². The highest BCUT2D eigenvalue weighted by Gasteiger charge is 2.27. The van der Waals surface area contributed by atoms with Gasteiger partial charge >= 0.3 is 5.97 Å². The summed E-state index contributed by atoms with van der Waals surface area (Å²) in [6.45, 7) is 5.27. The first kappa shape index (κ1) is 8.77. The van der Waals surface area contributed by atoms with E-state index in [1.807, 2.05) is 0 Å². The van der Waals surface area contributed by atoms with Crippen LogP contribution < -0.4 is 0 Å². The highest BCUT2D eigenvalue weighted by Crippen LogP contribution is 2.20. The maximum Gasteiger partial charge on any atom is 0.332 e. The first-order valence-electron chi connectivity index (χ1n) is 3.86. The molecule has 0 aliphatic carbocycles. The van der Waals surface area contributed by atoms with Crippen LogP contribution in [0, 0.1) is 0 Å². The van der Waals surface area contributed by atoms with Crippen molar-refractivity contribution in [1.82, 2.24) is 5.06 Å². The highest BCUT2D eigenvalue weighted by molar-refractivity contribution is 5.82. The summed E-state index contributed by atoms with van der Waals surface area (Å²) in [5.74, 6) is -0.604. The Balaban J connectivity index is 2.56. The van der Waals surface area contributed by atoms with Crippen LogP contribution in [0.2, 0.25) is 0 Å². The second kappa shape index (κ2) is 3.38. The minimum absolute atomic E-state index is 0.193. The van der Waals surface area contributed by atoms with Gasteiger partial charge in [-0.3, -0.25) is 4.79 Å². The molecule has 4 heteroatoms. The summed E-state index contributed by atoms with van der Waals surface area (Å²) in [6.07, 6.45) is 1.22. The molecule has 0 bridgehead atoms. The summed E-state index contributed by atoms with van der Waals surface area (Å²) in [7, 11) is 0. The summed E-state index contributed by atoms with van der Waals surface area (Å²) in [5, 5.41) is 0.992. The number of carbonyl (C=O) groups excluding carboxylic acids is 2. The number of hydrogen-bond acceptors (Lipinski definition) is 3. The molecule has 0 aromatic rings. The van der Waals surface area contributed by atoms with E-state index in [1.54, 1.807) is 6.92 Å². The molecule has 0 saturated carbocycles. The Morgan fingerprint density at radius 1 is 1.67 bits per heavy atom. The van der Waals surface area contributed by atoms with Gasteiger partial charge in [-0.1, -0.05) is 13.5 Å². The number of hydroxylamine groups is 2. The van der Waals surface area contributed by atoms with Crippen molar-refractivity contribution in [3.05, 3.63) is 12.3 Å². The third-order valence-electron chi connectivity index (χ3n) is 1.62.